The van der Waals surface area contributed by atoms with Gasteiger partial charge in [0.25, 0.3) is 0 Å². The number of hydrogen-bond acceptors (Lipinski definition) is 1. The monoisotopic (exact) mass is 201 g/mol. The Balaban J connectivity index is 2.54. The molecule has 0 saturated heterocycles. The zero-order valence-corrected chi connectivity index (χ0v) is 8.79. The highest BCUT2D eigenvalue weighted by Crippen LogP contribution is 2.23. The quantitative estimate of drug-likeness (QED) is 0.688. The number of nitrogens with zero attached hydrogens (tertiary/aromatic N) is 1. The summed E-state index contributed by atoms with van der Waals surface area (Å²) < 4.78 is 13.3. The third-order valence-electron chi connectivity index (χ3n) is 2.52. The highest BCUT2D eigenvalue weighted by atomic mass is 19.1. The Morgan fingerprint density at radius 2 is 1.67 bits per heavy atom. The van der Waals surface area contributed by atoms with Crippen LogP contribution in [0.1, 0.15) is 11.1 Å². The second kappa shape index (κ2) is 3.81. The minimum absolute atomic E-state index is 0.256. The summed E-state index contributed by atoms with van der Waals surface area (Å²) in [4.78, 5) is 3.87. The van der Waals surface area contributed by atoms with E-state index in [1.54, 1.807) is 13.1 Å². The maximum Gasteiger partial charge on any atom is 0.145 e. The molecule has 0 aliphatic rings. The molecule has 1 aromatic heterocycles. The molecule has 0 fully saturated rings. The molecule has 0 aliphatic heterocycles. The maximum atomic E-state index is 13.3. The number of halogens is 1. The van der Waals surface area contributed by atoms with Crippen molar-refractivity contribution in [3.63, 3.8) is 0 Å². The van der Waals surface area contributed by atoms with E-state index in [1.807, 2.05) is 31.2 Å². The fraction of sp³-hybridized carbons (Fsp3) is 0.154. The molecule has 1 aromatic carbocycles. The molecule has 0 amide bonds. The van der Waals surface area contributed by atoms with Gasteiger partial charge in [-0.3, -0.25) is 4.98 Å². The Morgan fingerprint density at radius 3 is 2.33 bits per heavy atom. The van der Waals surface area contributed by atoms with E-state index in [-0.39, 0.29) is 5.82 Å². The average Bonchev–Trinajstić information content (AvgIpc) is 2.24. The SMILES string of the molecule is Cc1ccc(-c2cncc(F)c2C)cc1. The molecule has 15 heavy (non-hydrogen) atoms. The molecule has 2 aromatic rings. The van der Waals surface area contributed by atoms with Crippen molar-refractivity contribution in [2.24, 2.45) is 0 Å². The molecule has 0 saturated carbocycles. The van der Waals surface area contributed by atoms with Crippen LogP contribution in [0.2, 0.25) is 0 Å². The van der Waals surface area contributed by atoms with E-state index in [9.17, 15) is 4.39 Å². The first kappa shape index (κ1) is 9.84. The van der Waals surface area contributed by atoms with Gasteiger partial charge in [0.2, 0.25) is 0 Å². The number of aromatic nitrogens is 1. The summed E-state index contributed by atoms with van der Waals surface area (Å²) in [5.41, 5.74) is 3.70. The van der Waals surface area contributed by atoms with Gasteiger partial charge in [0.1, 0.15) is 5.82 Å². The highest BCUT2D eigenvalue weighted by Gasteiger charge is 2.05. The highest BCUT2D eigenvalue weighted by molar-refractivity contribution is 5.66. The van der Waals surface area contributed by atoms with Crippen molar-refractivity contribution < 1.29 is 4.39 Å². The topological polar surface area (TPSA) is 12.9 Å². The lowest BCUT2D eigenvalue weighted by molar-refractivity contribution is 0.613. The van der Waals surface area contributed by atoms with Crippen molar-refractivity contribution in [1.29, 1.82) is 0 Å². The molecule has 2 heteroatoms. The van der Waals surface area contributed by atoms with E-state index in [0.717, 1.165) is 11.1 Å². The normalized spacial score (nSPS) is 10.3. The summed E-state index contributed by atoms with van der Waals surface area (Å²) in [6.07, 6.45) is 2.94. The third kappa shape index (κ3) is 1.89. The Kier molecular flexibility index (Phi) is 2.50. The molecule has 0 aliphatic carbocycles. The van der Waals surface area contributed by atoms with Crippen LogP contribution in [-0.4, -0.2) is 4.98 Å². The molecular weight excluding hydrogens is 189 g/mol. The number of rotatable bonds is 1. The predicted molar refractivity (Wildman–Crippen MR) is 59.1 cm³/mol. The lowest BCUT2D eigenvalue weighted by atomic mass is 10.0. The summed E-state index contributed by atoms with van der Waals surface area (Å²) in [6, 6.07) is 8.00. The van der Waals surface area contributed by atoms with Crippen LogP contribution in [0.15, 0.2) is 36.7 Å². The van der Waals surface area contributed by atoms with E-state index in [2.05, 4.69) is 4.98 Å². The summed E-state index contributed by atoms with van der Waals surface area (Å²) in [7, 11) is 0. The second-order valence-corrected chi connectivity index (χ2v) is 3.66. The summed E-state index contributed by atoms with van der Waals surface area (Å²) >= 11 is 0. The van der Waals surface area contributed by atoms with Gasteiger partial charge in [-0.2, -0.15) is 0 Å². The van der Waals surface area contributed by atoms with Crippen molar-refractivity contribution in [2.45, 2.75) is 13.8 Å². The Hall–Kier alpha value is -1.70. The first-order chi connectivity index (χ1) is 7.18. The van der Waals surface area contributed by atoms with Gasteiger partial charge in [-0.15, -0.1) is 0 Å². The summed E-state index contributed by atoms with van der Waals surface area (Å²) in [5, 5.41) is 0. The van der Waals surface area contributed by atoms with Gasteiger partial charge in [0.05, 0.1) is 6.20 Å². The molecule has 0 atom stereocenters. The van der Waals surface area contributed by atoms with Gasteiger partial charge in [0.15, 0.2) is 0 Å². The van der Waals surface area contributed by atoms with Crippen LogP contribution in [0.5, 0.6) is 0 Å². The summed E-state index contributed by atoms with van der Waals surface area (Å²) in [6.45, 7) is 3.80. The van der Waals surface area contributed by atoms with Crippen LogP contribution in [0, 0.1) is 19.7 Å². The molecule has 2 rings (SSSR count). The minimum atomic E-state index is -0.256. The van der Waals surface area contributed by atoms with E-state index in [0.29, 0.717) is 5.56 Å². The Labute approximate surface area is 88.6 Å². The van der Waals surface area contributed by atoms with Gasteiger partial charge in [-0.1, -0.05) is 29.8 Å². The molecule has 76 valence electrons. The first-order valence-electron chi connectivity index (χ1n) is 4.85. The molecular formula is C13H12FN. The predicted octanol–water partition coefficient (Wildman–Crippen LogP) is 3.50. The van der Waals surface area contributed by atoms with Gasteiger partial charge in [-0.05, 0) is 25.0 Å². The second-order valence-electron chi connectivity index (χ2n) is 3.66. The fourth-order valence-electron chi connectivity index (χ4n) is 1.52. The molecule has 0 radical (unpaired) electrons. The van der Waals surface area contributed by atoms with Crippen molar-refractivity contribution in [3.8, 4) is 11.1 Å². The standard InChI is InChI=1S/C13H12FN/c1-9-3-5-11(6-4-9)12-7-15-8-13(14)10(12)2/h3-8H,1-2H3. The molecule has 0 bridgehead atoms. The van der Waals surface area contributed by atoms with E-state index >= 15 is 0 Å². The van der Waals surface area contributed by atoms with E-state index in [1.165, 1.54) is 11.8 Å². The lowest BCUT2D eigenvalue weighted by Crippen LogP contribution is -1.90. The van der Waals surface area contributed by atoms with E-state index in [4.69, 9.17) is 0 Å². The maximum absolute atomic E-state index is 13.3. The molecule has 0 N–H and O–H groups in total. The van der Waals surface area contributed by atoms with Crippen molar-refractivity contribution in [2.75, 3.05) is 0 Å². The van der Waals surface area contributed by atoms with Crippen molar-refractivity contribution in [3.05, 3.63) is 53.6 Å². The zero-order chi connectivity index (χ0) is 10.8. The van der Waals surface area contributed by atoms with Crippen molar-refractivity contribution >= 4 is 0 Å². The smallest absolute Gasteiger partial charge is 0.145 e. The Bertz CT molecular complexity index is 474. The zero-order valence-electron chi connectivity index (χ0n) is 8.79. The van der Waals surface area contributed by atoms with Crippen LogP contribution in [-0.2, 0) is 0 Å². The van der Waals surface area contributed by atoms with Crippen LogP contribution < -0.4 is 0 Å². The van der Waals surface area contributed by atoms with E-state index < -0.39 is 0 Å². The molecule has 0 spiro atoms. The van der Waals surface area contributed by atoms with Crippen LogP contribution in [0.25, 0.3) is 11.1 Å². The van der Waals surface area contributed by atoms with Crippen LogP contribution in [0.3, 0.4) is 0 Å². The lowest BCUT2D eigenvalue weighted by Gasteiger charge is -2.06. The molecule has 1 nitrogen and oxygen atoms in total. The first-order valence-corrected chi connectivity index (χ1v) is 4.85. The largest absolute Gasteiger partial charge is 0.261 e. The van der Waals surface area contributed by atoms with Gasteiger partial charge < -0.3 is 0 Å². The minimum Gasteiger partial charge on any atom is -0.261 e. The number of pyridine rings is 1. The van der Waals surface area contributed by atoms with Gasteiger partial charge in [-0.25, -0.2) is 4.39 Å². The number of benzene rings is 1. The van der Waals surface area contributed by atoms with Crippen LogP contribution >= 0.6 is 0 Å². The van der Waals surface area contributed by atoms with Crippen LogP contribution in [0.4, 0.5) is 4.39 Å². The van der Waals surface area contributed by atoms with Crippen molar-refractivity contribution in [1.82, 2.24) is 4.98 Å². The molecule has 1 heterocycles. The number of aryl methyl sites for hydroxylation is 1. The Morgan fingerprint density at radius 1 is 1.00 bits per heavy atom. The molecule has 0 unspecified atom stereocenters. The van der Waals surface area contributed by atoms with Gasteiger partial charge in [0, 0.05) is 11.8 Å². The third-order valence-corrected chi connectivity index (χ3v) is 2.52. The fourth-order valence-corrected chi connectivity index (χ4v) is 1.52. The average molecular weight is 201 g/mol. The van der Waals surface area contributed by atoms with Gasteiger partial charge >= 0.3 is 0 Å². The number of hydrogen-bond donors (Lipinski definition) is 0. The summed E-state index contributed by atoms with van der Waals surface area (Å²) in [5.74, 6) is -0.256.